The number of carbonyl (C=O) groups is 4. The van der Waals surface area contributed by atoms with Crippen molar-refractivity contribution in [3.8, 4) is 10.6 Å². The third-order valence-electron chi connectivity index (χ3n) is 4.07. The molecule has 3 N–H and O–H groups in total. The first kappa shape index (κ1) is 26.3. The fourth-order valence-electron chi connectivity index (χ4n) is 2.55. The predicted octanol–water partition coefficient (Wildman–Crippen LogP) is 3.51. The van der Waals surface area contributed by atoms with Gasteiger partial charge in [0.2, 0.25) is 0 Å². The number of aryl methyl sites for hydroxylation is 1. The van der Waals surface area contributed by atoms with Crippen molar-refractivity contribution in [1.82, 2.24) is 15.6 Å². The number of ether oxygens (including phenoxy) is 2. The summed E-state index contributed by atoms with van der Waals surface area (Å²) >= 11 is 1.24. The molecular formula is C23H26N4O6S. The van der Waals surface area contributed by atoms with E-state index in [-0.39, 0.29) is 17.1 Å². The summed E-state index contributed by atoms with van der Waals surface area (Å²) in [5.74, 6) is -2.28. The Hall–Kier alpha value is -3.99. The molecule has 0 saturated carbocycles. The molecule has 0 aliphatic carbocycles. The van der Waals surface area contributed by atoms with E-state index >= 15 is 0 Å². The average Bonchev–Trinajstić information content (AvgIpc) is 3.21. The lowest BCUT2D eigenvalue weighted by Crippen LogP contribution is -2.35. The molecule has 10 nitrogen and oxygen atoms in total. The molecule has 0 aliphatic rings. The zero-order chi connectivity index (χ0) is 25.6. The van der Waals surface area contributed by atoms with Crippen LogP contribution in [0.1, 0.15) is 36.8 Å². The molecule has 0 spiro atoms. The summed E-state index contributed by atoms with van der Waals surface area (Å²) in [7, 11) is 1.14. The van der Waals surface area contributed by atoms with Gasteiger partial charge in [0, 0.05) is 16.6 Å². The molecule has 0 aliphatic heterocycles. The maximum atomic E-state index is 12.5. The average molecular weight is 487 g/mol. The van der Waals surface area contributed by atoms with Crippen LogP contribution in [0, 0.1) is 6.92 Å². The summed E-state index contributed by atoms with van der Waals surface area (Å²) in [6.45, 7) is 14.0. The summed E-state index contributed by atoms with van der Waals surface area (Å²) in [4.78, 5) is 52.1. The van der Waals surface area contributed by atoms with Gasteiger partial charge in [0.25, 0.3) is 11.8 Å². The highest BCUT2D eigenvalue weighted by atomic mass is 32.1. The van der Waals surface area contributed by atoms with Crippen LogP contribution in [-0.4, -0.2) is 41.6 Å². The number of esters is 1. The van der Waals surface area contributed by atoms with Crippen LogP contribution in [0.25, 0.3) is 10.6 Å². The van der Waals surface area contributed by atoms with Crippen LogP contribution in [-0.2, 0) is 19.1 Å². The van der Waals surface area contributed by atoms with Gasteiger partial charge in [0.05, 0.1) is 12.8 Å². The van der Waals surface area contributed by atoms with Gasteiger partial charge in [-0.25, -0.2) is 14.6 Å². The predicted molar refractivity (Wildman–Crippen MR) is 128 cm³/mol. The monoisotopic (exact) mass is 486 g/mol. The van der Waals surface area contributed by atoms with E-state index in [1.807, 2.05) is 6.92 Å². The van der Waals surface area contributed by atoms with Crippen molar-refractivity contribution < 1.29 is 28.7 Å². The lowest BCUT2D eigenvalue weighted by atomic mass is 10.1. The van der Waals surface area contributed by atoms with Gasteiger partial charge in [0.15, 0.2) is 0 Å². The summed E-state index contributed by atoms with van der Waals surface area (Å²) < 4.78 is 9.68. The number of benzene rings is 1. The lowest BCUT2D eigenvalue weighted by molar-refractivity contribution is -0.137. The Morgan fingerprint density at radius 1 is 1.06 bits per heavy atom. The van der Waals surface area contributed by atoms with Crippen LogP contribution >= 0.6 is 11.3 Å². The van der Waals surface area contributed by atoms with Crippen LogP contribution in [0.3, 0.4) is 0 Å². The highest BCUT2D eigenvalue weighted by molar-refractivity contribution is 7.13. The van der Waals surface area contributed by atoms with E-state index in [1.54, 1.807) is 39.0 Å². The number of hydrogen-bond acceptors (Lipinski definition) is 8. The number of amides is 3. The molecule has 0 unspecified atom stereocenters. The first-order valence-corrected chi connectivity index (χ1v) is 10.8. The van der Waals surface area contributed by atoms with Gasteiger partial charge in [-0.3, -0.25) is 14.9 Å². The van der Waals surface area contributed by atoms with E-state index in [4.69, 9.17) is 4.74 Å². The van der Waals surface area contributed by atoms with Crippen molar-refractivity contribution >= 4 is 40.9 Å². The number of carbonyl (C=O) groups excluding carboxylic acids is 4. The van der Waals surface area contributed by atoms with Crippen molar-refractivity contribution in [2.45, 2.75) is 33.3 Å². The van der Waals surface area contributed by atoms with Gasteiger partial charge in [-0.1, -0.05) is 13.2 Å². The van der Waals surface area contributed by atoms with Gasteiger partial charge in [0.1, 0.15) is 22.0 Å². The molecule has 11 heteroatoms. The number of hydrogen-bond donors (Lipinski definition) is 3. The van der Waals surface area contributed by atoms with E-state index in [2.05, 4.69) is 38.8 Å². The summed E-state index contributed by atoms with van der Waals surface area (Å²) in [6, 6.07) is 5.24. The Morgan fingerprint density at radius 3 is 2.32 bits per heavy atom. The quantitative estimate of drug-likeness (QED) is 0.402. The minimum Gasteiger partial charge on any atom is -0.464 e. The molecule has 180 valence electrons. The number of nitrogens with one attached hydrogen (secondary N) is 3. The van der Waals surface area contributed by atoms with Crippen LogP contribution < -0.4 is 16.0 Å². The molecule has 0 atom stereocenters. The zero-order valence-corrected chi connectivity index (χ0v) is 20.3. The van der Waals surface area contributed by atoms with E-state index < -0.39 is 29.5 Å². The molecule has 34 heavy (non-hydrogen) atoms. The van der Waals surface area contributed by atoms with Gasteiger partial charge < -0.3 is 20.1 Å². The lowest BCUT2D eigenvalue weighted by Gasteiger charge is -2.19. The van der Waals surface area contributed by atoms with Crippen molar-refractivity contribution in [3.63, 3.8) is 0 Å². The highest BCUT2D eigenvalue weighted by Crippen LogP contribution is 2.29. The fourth-order valence-corrected chi connectivity index (χ4v) is 3.44. The molecule has 1 heterocycles. The number of nitrogens with zero attached hydrogens (tertiary/aromatic N) is 1. The van der Waals surface area contributed by atoms with Crippen molar-refractivity contribution in [2.75, 3.05) is 12.4 Å². The molecule has 1 aromatic heterocycles. The van der Waals surface area contributed by atoms with Gasteiger partial charge in [-0.05, 0) is 51.5 Å². The third-order valence-corrected chi connectivity index (χ3v) is 4.95. The minimum atomic E-state index is -0.820. The molecular weight excluding hydrogens is 460 g/mol. The second-order valence-corrected chi connectivity index (χ2v) is 8.91. The molecule has 0 bridgehead atoms. The smallest absolute Gasteiger partial charge is 0.412 e. The number of thiazole rings is 1. The van der Waals surface area contributed by atoms with E-state index in [0.717, 1.165) is 18.2 Å². The van der Waals surface area contributed by atoms with Crippen LogP contribution in [0.5, 0.6) is 0 Å². The summed E-state index contributed by atoms with van der Waals surface area (Å²) in [5.41, 5.74) is 1.03. The number of rotatable bonds is 7. The number of aromatic nitrogens is 1. The van der Waals surface area contributed by atoms with E-state index in [9.17, 15) is 19.2 Å². The minimum absolute atomic E-state index is 0.0797. The van der Waals surface area contributed by atoms with Crippen molar-refractivity contribution in [1.29, 1.82) is 0 Å². The molecule has 2 rings (SSSR count). The highest BCUT2D eigenvalue weighted by Gasteiger charge is 2.19. The Labute approximate surface area is 201 Å². The second kappa shape index (κ2) is 10.8. The molecule has 0 radical (unpaired) electrons. The molecule has 2 aromatic rings. The molecule has 0 fully saturated rings. The first-order chi connectivity index (χ1) is 15.8. The Kier molecular flexibility index (Phi) is 8.31. The molecule has 0 saturated heterocycles. The van der Waals surface area contributed by atoms with Gasteiger partial charge in [-0.2, -0.15) is 0 Å². The van der Waals surface area contributed by atoms with Crippen LogP contribution in [0.2, 0.25) is 0 Å². The van der Waals surface area contributed by atoms with Gasteiger partial charge >= 0.3 is 12.1 Å². The van der Waals surface area contributed by atoms with E-state index in [1.165, 1.54) is 16.7 Å². The molecule has 1 aromatic carbocycles. The first-order valence-electron chi connectivity index (χ1n) is 9.96. The van der Waals surface area contributed by atoms with E-state index in [0.29, 0.717) is 10.7 Å². The Bertz CT molecular complexity index is 1160. The van der Waals surface area contributed by atoms with Crippen molar-refractivity contribution in [3.05, 3.63) is 59.4 Å². The maximum Gasteiger partial charge on any atom is 0.412 e. The topological polar surface area (TPSA) is 136 Å². The number of anilines is 1. The summed E-state index contributed by atoms with van der Waals surface area (Å²) in [5, 5.41) is 9.29. The van der Waals surface area contributed by atoms with Gasteiger partial charge in [-0.15, -0.1) is 11.3 Å². The standard InChI is InChI=1S/C23H26N4O6S/c1-12-10-15(26-22(31)33-23(4,5)6)8-9-16(12)20-27-17(11-34-20)19(29)24-13(2)18(28)25-14(3)21(30)32-7/h8-11H,2-3H2,1,4-7H3,(H,24,29)(H,25,28)(H,26,31). The Morgan fingerprint density at radius 2 is 1.74 bits per heavy atom. The third kappa shape index (κ3) is 7.27. The largest absolute Gasteiger partial charge is 0.464 e. The normalized spacial score (nSPS) is 10.6. The Balaban J connectivity index is 2.05. The zero-order valence-electron chi connectivity index (χ0n) is 19.5. The SMILES string of the molecule is C=C(NC(=O)c1csc(-c2ccc(NC(=O)OC(C)(C)C)cc2C)n1)C(=O)NC(=C)C(=O)OC. The maximum absolute atomic E-state index is 12.5. The second-order valence-electron chi connectivity index (χ2n) is 8.05. The van der Waals surface area contributed by atoms with Crippen LogP contribution in [0.4, 0.5) is 10.5 Å². The van der Waals surface area contributed by atoms with Crippen molar-refractivity contribution in [2.24, 2.45) is 0 Å². The fraction of sp³-hybridized carbons (Fsp3) is 0.261. The van der Waals surface area contributed by atoms with Crippen LogP contribution in [0.15, 0.2) is 48.1 Å². The molecule has 3 amide bonds. The number of methoxy groups -OCH3 is 1. The summed E-state index contributed by atoms with van der Waals surface area (Å²) in [6.07, 6.45) is -0.563.